The number of nitrogens with zero attached hydrogens (tertiary/aromatic N) is 1. The van der Waals surface area contributed by atoms with Gasteiger partial charge in [-0.3, -0.25) is 4.79 Å². The lowest BCUT2D eigenvalue weighted by atomic mass is 9.85. The molecule has 8 heteroatoms. The molecule has 27 heavy (non-hydrogen) atoms. The Morgan fingerprint density at radius 1 is 1.41 bits per heavy atom. The zero-order valence-corrected chi connectivity index (χ0v) is 16.1. The number of thiocarbonyl (C=S) groups is 1. The van der Waals surface area contributed by atoms with Crippen molar-refractivity contribution in [3.05, 3.63) is 33.7 Å². The summed E-state index contributed by atoms with van der Waals surface area (Å²) < 4.78 is 5.97. The van der Waals surface area contributed by atoms with Crippen LogP contribution >= 0.6 is 12.2 Å². The molecule has 3 unspecified atom stereocenters. The maximum absolute atomic E-state index is 12.7. The van der Waals surface area contributed by atoms with Crippen molar-refractivity contribution >= 4 is 28.2 Å². The minimum atomic E-state index is -0.742. The first-order valence-electron chi connectivity index (χ1n) is 8.93. The van der Waals surface area contributed by atoms with Crippen LogP contribution in [0.15, 0.2) is 21.3 Å². The van der Waals surface area contributed by atoms with Crippen LogP contribution < -0.4 is 11.2 Å². The van der Waals surface area contributed by atoms with Crippen LogP contribution in [0.2, 0.25) is 0 Å². The fourth-order valence-electron chi connectivity index (χ4n) is 3.84. The Bertz CT molecular complexity index is 942. The van der Waals surface area contributed by atoms with E-state index in [-0.39, 0.29) is 33.2 Å². The summed E-state index contributed by atoms with van der Waals surface area (Å²) in [6, 6.07) is 2.41. The van der Waals surface area contributed by atoms with E-state index in [1.807, 2.05) is 18.9 Å². The molecule has 5 N–H and O–H groups in total. The number of β-amino-alcohol motifs (C(OH)–C–C–N with tert-alkyl or cyclic N) is 1. The number of hydrogen-bond donors (Lipinski definition) is 4. The second-order valence-electron chi connectivity index (χ2n) is 7.13. The maximum Gasteiger partial charge on any atom is 0.196 e. The molecule has 0 bridgehead atoms. The topological polar surface area (TPSA) is 120 Å². The SMILES string of the molecule is CCC(C(N)=S)c1cc(=O)c2c(O)cc(O)c(C3CCN(C)CC3O)c2o1. The minimum Gasteiger partial charge on any atom is -0.507 e. The van der Waals surface area contributed by atoms with Crippen LogP contribution in [-0.4, -0.2) is 51.4 Å². The molecule has 1 aliphatic rings. The third kappa shape index (κ3) is 3.52. The number of nitrogens with two attached hydrogens (primary N) is 1. The number of fused-ring (bicyclic) bond motifs is 1. The van der Waals surface area contributed by atoms with Crippen LogP contribution in [0.3, 0.4) is 0 Å². The third-order valence-corrected chi connectivity index (χ3v) is 5.55. The lowest BCUT2D eigenvalue weighted by Crippen LogP contribution is -2.40. The number of piperidine rings is 1. The highest BCUT2D eigenvalue weighted by atomic mass is 32.1. The molecule has 3 rings (SSSR count). The van der Waals surface area contributed by atoms with E-state index in [0.717, 1.165) is 12.6 Å². The van der Waals surface area contributed by atoms with E-state index >= 15 is 0 Å². The zero-order valence-electron chi connectivity index (χ0n) is 15.3. The predicted octanol–water partition coefficient (Wildman–Crippen LogP) is 1.76. The Morgan fingerprint density at radius 3 is 2.70 bits per heavy atom. The molecule has 0 saturated carbocycles. The fraction of sp³-hybridized carbons (Fsp3) is 0.474. The molecule has 0 spiro atoms. The van der Waals surface area contributed by atoms with Gasteiger partial charge in [0.1, 0.15) is 28.2 Å². The Balaban J connectivity index is 2.28. The normalized spacial score (nSPS) is 22.0. The Hall–Kier alpha value is -2.16. The number of benzene rings is 1. The van der Waals surface area contributed by atoms with Gasteiger partial charge in [-0.05, 0) is 26.4 Å². The Morgan fingerprint density at radius 2 is 2.11 bits per heavy atom. The first-order valence-corrected chi connectivity index (χ1v) is 9.33. The second kappa shape index (κ2) is 7.46. The molecule has 0 radical (unpaired) electrons. The molecule has 0 aliphatic carbocycles. The standard InChI is InChI=1S/C19H24N2O5S/c1-3-9(19(20)27)15-7-13(24)17-12(23)6-11(22)16(18(17)26-15)10-4-5-21(2)8-14(10)25/h6-7,9-10,14,22-23,25H,3-5,8H2,1-2H3,(H2,20,27). The van der Waals surface area contributed by atoms with Crippen molar-refractivity contribution in [2.24, 2.45) is 5.73 Å². The van der Waals surface area contributed by atoms with E-state index in [2.05, 4.69) is 0 Å². The molecular weight excluding hydrogens is 368 g/mol. The van der Waals surface area contributed by atoms with Gasteiger partial charge in [-0.1, -0.05) is 19.1 Å². The Kier molecular flexibility index (Phi) is 5.41. The van der Waals surface area contributed by atoms with Crippen molar-refractivity contribution in [2.45, 2.75) is 37.7 Å². The molecule has 1 aromatic carbocycles. The first kappa shape index (κ1) is 19.6. The lowest BCUT2D eigenvalue weighted by Gasteiger charge is -2.34. The number of phenolic OH excluding ortho intramolecular Hbond substituents is 2. The molecule has 7 nitrogen and oxygen atoms in total. The molecule has 1 aromatic heterocycles. The van der Waals surface area contributed by atoms with Crippen molar-refractivity contribution in [1.29, 1.82) is 0 Å². The third-order valence-electron chi connectivity index (χ3n) is 5.27. The molecule has 3 atom stereocenters. The molecule has 146 valence electrons. The van der Waals surface area contributed by atoms with Gasteiger partial charge in [0.15, 0.2) is 5.43 Å². The van der Waals surface area contributed by atoms with E-state index in [9.17, 15) is 20.1 Å². The van der Waals surface area contributed by atoms with Crippen LogP contribution in [0.1, 0.15) is 42.9 Å². The summed E-state index contributed by atoms with van der Waals surface area (Å²) >= 11 is 5.08. The number of likely N-dealkylation sites (tertiary alicyclic amines) is 1. The number of likely N-dealkylation sites (N-methyl/N-ethyl adjacent to an activating group) is 1. The second-order valence-corrected chi connectivity index (χ2v) is 7.61. The number of aliphatic hydroxyl groups excluding tert-OH is 1. The fourth-order valence-corrected chi connectivity index (χ4v) is 4.12. The maximum atomic E-state index is 12.7. The number of aliphatic hydroxyl groups is 1. The molecule has 1 aliphatic heterocycles. The van der Waals surface area contributed by atoms with Crippen molar-refractivity contribution < 1.29 is 19.7 Å². The molecule has 0 amide bonds. The van der Waals surface area contributed by atoms with Crippen molar-refractivity contribution in [2.75, 3.05) is 20.1 Å². The number of phenols is 2. The monoisotopic (exact) mass is 392 g/mol. The quantitative estimate of drug-likeness (QED) is 0.581. The van der Waals surface area contributed by atoms with Gasteiger partial charge >= 0.3 is 0 Å². The van der Waals surface area contributed by atoms with Crippen molar-refractivity contribution in [1.82, 2.24) is 4.90 Å². The summed E-state index contributed by atoms with van der Waals surface area (Å²) in [6.45, 7) is 3.02. The van der Waals surface area contributed by atoms with Crippen LogP contribution in [0, 0.1) is 0 Å². The minimum absolute atomic E-state index is 0.0181. The molecule has 1 saturated heterocycles. The van der Waals surface area contributed by atoms with Gasteiger partial charge in [0, 0.05) is 30.2 Å². The largest absolute Gasteiger partial charge is 0.507 e. The molecule has 1 fully saturated rings. The number of rotatable bonds is 4. The van der Waals surface area contributed by atoms with Crippen LogP contribution in [0.5, 0.6) is 11.5 Å². The zero-order chi connectivity index (χ0) is 19.9. The van der Waals surface area contributed by atoms with Gasteiger partial charge in [0.2, 0.25) is 0 Å². The number of aromatic hydroxyl groups is 2. The van der Waals surface area contributed by atoms with E-state index in [1.54, 1.807) is 0 Å². The molecule has 2 aromatic rings. The van der Waals surface area contributed by atoms with Crippen LogP contribution in [0.4, 0.5) is 0 Å². The highest BCUT2D eigenvalue weighted by Gasteiger charge is 2.33. The van der Waals surface area contributed by atoms with Gasteiger partial charge in [-0.25, -0.2) is 0 Å². The number of hydrogen-bond acceptors (Lipinski definition) is 7. The van der Waals surface area contributed by atoms with Gasteiger partial charge in [0.25, 0.3) is 0 Å². The molecule has 2 heterocycles. The first-order chi connectivity index (χ1) is 12.7. The van der Waals surface area contributed by atoms with E-state index in [4.69, 9.17) is 22.4 Å². The summed E-state index contributed by atoms with van der Waals surface area (Å²) in [4.78, 5) is 14.9. The van der Waals surface area contributed by atoms with E-state index in [1.165, 1.54) is 6.07 Å². The van der Waals surface area contributed by atoms with E-state index < -0.39 is 23.4 Å². The van der Waals surface area contributed by atoms with Gasteiger partial charge in [-0.2, -0.15) is 0 Å². The molecular formula is C19H24N2O5S. The van der Waals surface area contributed by atoms with Gasteiger partial charge in [-0.15, -0.1) is 0 Å². The summed E-state index contributed by atoms with van der Waals surface area (Å²) in [5, 5.41) is 31.3. The van der Waals surface area contributed by atoms with Gasteiger partial charge in [0.05, 0.1) is 17.0 Å². The average Bonchev–Trinajstić information content (AvgIpc) is 2.56. The van der Waals surface area contributed by atoms with Crippen molar-refractivity contribution in [3.63, 3.8) is 0 Å². The summed E-state index contributed by atoms with van der Waals surface area (Å²) in [7, 11) is 1.90. The summed E-state index contributed by atoms with van der Waals surface area (Å²) in [6.07, 6.45) is 0.376. The van der Waals surface area contributed by atoms with Crippen molar-refractivity contribution in [3.8, 4) is 11.5 Å². The lowest BCUT2D eigenvalue weighted by molar-refractivity contribution is 0.0630. The van der Waals surface area contributed by atoms with E-state index in [0.29, 0.717) is 24.9 Å². The smallest absolute Gasteiger partial charge is 0.196 e. The predicted molar refractivity (Wildman–Crippen MR) is 106 cm³/mol. The Labute approximate surface area is 162 Å². The van der Waals surface area contributed by atoms with Crippen LogP contribution in [-0.2, 0) is 0 Å². The van der Waals surface area contributed by atoms with Gasteiger partial charge < -0.3 is 30.4 Å². The van der Waals surface area contributed by atoms with Crippen LogP contribution in [0.25, 0.3) is 11.0 Å². The highest BCUT2D eigenvalue weighted by molar-refractivity contribution is 7.80. The highest BCUT2D eigenvalue weighted by Crippen LogP contribution is 2.42. The summed E-state index contributed by atoms with van der Waals surface area (Å²) in [5.74, 6) is -1.14. The average molecular weight is 392 g/mol. The summed E-state index contributed by atoms with van der Waals surface area (Å²) in [5.41, 5.74) is 5.75.